The van der Waals surface area contributed by atoms with Crippen molar-refractivity contribution in [2.75, 3.05) is 5.32 Å². The van der Waals surface area contributed by atoms with Gasteiger partial charge in [-0.15, -0.1) is 10.2 Å². The molecule has 0 atom stereocenters. The Bertz CT molecular complexity index is 1150. The summed E-state index contributed by atoms with van der Waals surface area (Å²) >= 11 is 8.03. The lowest BCUT2D eigenvalue weighted by atomic mass is 10.1. The second-order valence-corrected chi connectivity index (χ2v) is 7.70. The first kappa shape index (κ1) is 17.6. The predicted octanol–water partition coefficient (Wildman–Crippen LogP) is 4.59. The number of carbonyl (C=O) groups is 1. The summed E-state index contributed by atoms with van der Waals surface area (Å²) in [6.45, 7) is 3.50. The Morgan fingerprint density at radius 1 is 1.26 bits per heavy atom. The zero-order valence-electron chi connectivity index (χ0n) is 14.7. The van der Waals surface area contributed by atoms with Crippen molar-refractivity contribution in [2.24, 2.45) is 0 Å². The van der Waals surface area contributed by atoms with E-state index >= 15 is 0 Å². The first-order valence-corrected chi connectivity index (χ1v) is 9.52. The number of fused-ring (bicyclic) bond motifs is 1. The van der Waals surface area contributed by atoms with Crippen LogP contribution in [0.5, 0.6) is 0 Å². The van der Waals surface area contributed by atoms with Crippen LogP contribution in [0.1, 0.15) is 23.1 Å². The molecule has 0 fully saturated rings. The van der Waals surface area contributed by atoms with Crippen LogP contribution in [0.3, 0.4) is 0 Å². The van der Waals surface area contributed by atoms with Gasteiger partial charge in [-0.1, -0.05) is 35.1 Å². The molecule has 0 saturated carbocycles. The molecular formula is C19H16ClN5OS. The number of anilines is 1. The lowest BCUT2D eigenvalue weighted by Crippen LogP contribution is -2.05. The summed E-state index contributed by atoms with van der Waals surface area (Å²) in [4.78, 5) is 11.3. The van der Waals surface area contributed by atoms with Gasteiger partial charge >= 0.3 is 0 Å². The molecule has 0 aliphatic carbocycles. The van der Waals surface area contributed by atoms with Crippen LogP contribution in [0, 0.1) is 6.92 Å². The topological polar surface area (TPSA) is 83.6 Å². The van der Waals surface area contributed by atoms with Crippen LogP contribution in [0.2, 0.25) is 5.02 Å². The molecule has 0 saturated heterocycles. The van der Waals surface area contributed by atoms with Gasteiger partial charge < -0.3 is 5.32 Å². The van der Waals surface area contributed by atoms with E-state index < -0.39 is 0 Å². The summed E-state index contributed by atoms with van der Waals surface area (Å²) in [7, 11) is 0. The van der Waals surface area contributed by atoms with E-state index in [2.05, 4.69) is 25.7 Å². The van der Waals surface area contributed by atoms with E-state index in [1.807, 2.05) is 37.3 Å². The van der Waals surface area contributed by atoms with E-state index in [1.165, 1.54) is 18.3 Å². The highest BCUT2D eigenvalue weighted by molar-refractivity contribution is 7.14. The smallest absolute Gasteiger partial charge is 0.221 e. The van der Waals surface area contributed by atoms with Gasteiger partial charge in [-0.2, -0.15) is 5.10 Å². The first-order chi connectivity index (χ1) is 13.0. The number of hydrogen-bond acceptors (Lipinski definition) is 5. The van der Waals surface area contributed by atoms with Crippen molar-refractivity contribution in [2.45, 2.75) is 20.3 Å². The number of aromatic amines is 1. The number of benzene rings is 2. The molecule has 27 heavy (non-hydrogen) atoms. The monoisotopic (exact) mass is 397 g/mol. The Hall–Kier alpha value is -2.77. The van der Waals surface area contributed by atoms with Gasteiger partial charge in [0, 0.05) is 30.0 Å². The lowest BCUT2D eigenvalue weighted by Gasteiger charge is -2.06. The Morgan fingerprint density at radius 2 is 2.11 bits per heavy atom. The van der Waals surface area contributed by atoms with Crippen LogP contribution in [0.15, 0.2) is 36.5 Å². The number of aryl methyl sites for hydroxylation is 1. The number of amides is 1. The minimum atomic E-state index is -0.105. The molecule has 0 unspecified atom stereocenters. The molecule has 4 rings (SSSR count). The Labute approximate surface area is 164 Å². The minimum absolute atomic E-state index is 0.105. The summed E-state index contributed by atoms with van der Waals surface area (Å²) in [6.07, 6.45) is 2.33. The molecule has 1 amide bonds. The number of nitrogens with zero attached hydrogens (tertiary/aromatic N) is 3. The second-order valence-electron chi connectivity index (χ2n) is 6.26. The number of aromatic nitrogens is 4. The van der Waals surface area contributed by atoms with Crippen molar-refractivity contribution >= 4 is 45.4 Å². The largest absolute Gasteiger partial charge is 0.326 e. The van der Waals surface area contributed by atoms with E-state index in [4.69, 9.17) is 11.6 Å². The fourth-order valence-electron chi connectivity index (χ4n) is 2.89. The quantitative estimate of drug-likeness (QED) is 0.527. The van der Waals surface area contributed by atoms with Gasteiger partial charge in [0.15, 0.2) is 0 Å². The van der Waals surface area contributed by atoms with E-state index in [-0.39, 0.29) is 5.91 Å². The van der Waals surface area contributed by atoms with Crippen molar-refractivity contribution in [3.63, 3.8) is 0 Å². The van der Waals surface area contributed by atoms with E-state index in [0.717, 1.165) is 43.3 Å². The van der Waals surface area contributed by atoms with E-state index in [0.29, 0.717) is 11.4 Å². The molecule has 0 aliphatic rings. The fourth-order valence-corrected chi connectivity index (χ4v) is 4.12. The van der Waals surface area contributed by atoms with Crippen LogP contribution in [-0.2, 0) is 11.2 Å². The summed E-state index contributed by atoms with van der Waals surface area (Å²) < 4.78 is 0. The maximum absolute atomic E-state index is 11.3. The number of halogens is 1. The third kappa shape index (κ3) is 3.56. The third-order valence-corrected chi connectivity index (χ3v) is 5.64. The normalized spacial score (nSPS) is 11.1. The molecule has 2 heterocycles. The molecule has 4 aromatic rings. The Morgan fingerprint density at radius 3 is 2.93 bits per heavy atom. The van der Waals surface area contributed by atoms with Crippen molar-refractivity contribution in [1.29, 1.82) is 0 Å². The van der Waals surface area contributed by atoms with Crippen LogP contribution in [0.4, 0.5) is 5.69 Å². The average Bonchev–Trinajstić information content (AvgIpc) is 3.28. The minimum Gasteiger partial charge on any atom is -0.326 e. The van der Waals surface area contributed by atoms with Crippen molar-refractivity contribution in [1.82, 2.24) is 20.4 Å². The van der Waals surface area contributed by atoms with Gasteiger partial charge in [-0.3, -0.25) is 9.89 Å². The number of nitrogens with one attached hydrogen (secondary N) is 2. The second kappa shape index (κ2) is 7.09. The highest BCUT2D eigenvalue weighted by Gasteiger charge is 2.13. The van der Waals surface area contributed by atoms with Crippen LogP contribution < -0.4 is 5.32 Å². The van der Waals surface area contributed by atoms with Crippen LogP contribution in [0.25, 0.3) is 21.5 Å². The van der Waals surface area contributed by atoms with E-state index in [9.17, 15) is 4.79 Å². The highest BCUT2D eigenvalue weighted by Crippen LogP contribution is 2.32. The molecule has 8 heteroatoms. The zero-order valence-corrected chi connectivity index (χ0v) is 16.3. The van der Waals surface area contributed by atoms with Gasteiger partial charge in [-0.05, 0) is 36.2 Å². The molecule has 2 N–H and O–H groups in total. The van der Waals surface area contributed by atoms with Crippen molar-refractivity contribution in [3.05, 3.63) is 57.7 Å². The maximum Gasteiger partial charge on any atom is 0.221 e. The lowest BCUT2D eigenvalue weighted by molar-refractivity contribution is -0.114. The summed E-state index contributed by atoms with van der Waals surface area (Å²) in [6, 6.07) is 9.71. The molecule has 136 valence electrons. The van der Waals surface area contributed by atoms with Gasteiger partial charge in [-0.25, -0.2) is 0 Å². The van der Waals surface area contributed by atoms with Crippen molar-refractivity contribution in [3.8, 4) is 10.6 Å². The number of H-pyrrole nitrogens is 1. The molecule has 0 radical (unpaired) electrons. The van der Waals surface area contributed by atoms with E-state index in [1.54, 1.807) is 6.20 Å². The molecule has 6 nitrogen and oxygen atoms in total. The van der Waals surface area contributed by atoms with Gasteiger partial charge in [0.2, 0.25) is 5.91 Å². The SMILES string of the molecule is CC(=O)Nc1ccc(C)c(-c2nnc(Cc3ccc4[nH]ncc4c3Cl)s2)c1. The third-order valence-electron chi connectivity index (χ3n) is 4.24. The number of hydrogen-bond donors (Lipinski definition) is 2. The standard InChI is InChI=1S/C19H16ClN5OS/c1-10-3-5-13(22-11(2)26)8-14(10)19-25-24-17(27-19)7-12-4-6-16-15(18(12)20)9-21-23-16/h3-6,8-9H,7H2,1-2H3,(H,21,23)(H,22,26). The molecule has 0 bridgehead atoms. The molecule has 2 aromatic heterocycles. The summed E-state index contributed by atoms with van der Waals surface area (Å²) in [5.41, 5.74) is 4.67. The van der Waals surface area contributed by atoms with Crippen molar-refractivity contribution < 1.29 is 4.79 Å². The summed E-state index contributed by atoms with van der Waals surface area (Å²) in [5, 5.41) is 21.7. The van der Waals surface area contributed by atoms with Gasteiger partial charge in [0.05, 0.1) is 16.7 Å². The molecular weight excluding hydrogens is 382 g/mol. The molecule has 0 aliphatic heterocycles. The fraction of sp³-hybridized carbons (Fsp3) is 0.158. The predicted molar refractivity (Wildman–Crippen MR) is 108 cm³/mol. The zero-order chi connectivity index (χ0) is 19.0. The van der Waals surface area contributed by atoms with Gasteiger partial charge in [0.1, 0.15) is 10.0 Å². The first-order valence-electron chi connectivity index (χ1n) is 8.32. The highest BCUT2D eigenvalue weighted by atomic mass is 35.5. The average molecular weight is 398 g/mol. The van der Waals surface area contributed by atoms with Crippen LogP contribution >= 0.6 is 22.9 Å². The van der Waals surface area contributed by atoms with Crippen LogP contribution in [-0.4, -0.2) is 26.3 Å². The summed E-state index contributed by atoms with van der Waals surface area (Å²) in [5.74, 6) is -0.105. The number of rotatable bonds is 4. The Balaban J connectivity index is 1.63. The molecule has 0 spiro atoms. The Kier molecular flexibility index (Phi) is 4.63. The number of carbonyl (C=O) groups excluding carboxylic acids is 1. The maximum atomic E-state index is 11.3. The van der Waals surface area contributed by atoms with Gasteiger partial charge in [0.25, 0.3) is 0 Å². The molecule has 2 aromatic carbocycles.